The van der Waals surface area contributed by atoms with Crippen molar-refractivity contribution in [1.29, 1.82) is 0 Å². The van der Waals surface area contributed by atoms with Gasteiger partial charge >= 0.3 is 0 Å². The summed E-state index contributed by atoms with van der Waals surface area (Å²) in [6.45, 7) is 0. The zero-order valence-corrected chi connectivity index (χ0v) is 9.68. The Morgan fingerprint density at radius 2 is 1.89 bits per heavy atom. The number of hydrogen-bond acceptors (Lipinski definition) is 2. The van der Waals surface area contributed by atoms with Crippen molar-refractivity contribution in [1.82, 2.24) is 9.55 Å². The molecule has 3 aromatic rings. The van der Waals surface area contributed by atoms with Crippen LogP contribution in [-0.2, 0) is 0 Å². The molecule has 3 nitrogen and oxygen atoms in total. The number of benzene rings is 2. The van der Waals surface area contributed by atoms with E-state index in [2.05, 4.69) is 4.98 Å². The number of carbonyl (C=O) groups is 1. The SMILES string of the molecule is O=C(c1ccc(F)cc1F)n1cnc2ccccc21. The number of imidazole rings is 1. The van der Waals surface area contributed by atoms with E-state index >= 15 is 0 Å². The first-order valence-electron chi connectivity index (χ1n) is 5.58. The predicted octanol–water partition coefficient (Wildman–Crippen LogP) is 3.00. The maximum Gasteiger partial charge on any atom is 0.266 e. The quantitative estimate of drug-likeness (QED) is 0.672. The van der Waals surface area contributed by atoms with Gasteiger partial charge in [-0.25, -0.2) is 13.8 Å². The molecule has 0 bridgehead atoms. The molecule has 1 aromatic heterocycles. The van der Waals surface area contributed by atoms with Crippen molar-refractivity contribution >= 4 is 16.9 Å². The van der Waals surface area contributed by atoms with Crippen molar-refractivity contribution in [3.05, 3.63) is 66.0 Å². The Morgan fingerprint density at radius 3 is 2.68 bits per heavy atom. The molecule has 0 unspecified atom stereocenters. The standard InChI is InChI=1S/C14H8F2N2O/c15-9-5-6-10(11(16)7-9)14(19)18-8-17-12-3-1-2-4-13(12)18/h1-8H. The molecular formula is C14H8F2N2O. The molecule has 0 saturated heterocycles. The van der Waals surface area contributed by atoms with Crippen LogP contribution < -0.4 is 0 Å². The molecular weight excluding hydrogens is 250 g/mol. The molecule has 0 radical (unpaired) electrons. The maximum absolute atomic E-state index is 13.6. The zero-order valence-electron chi connectivity index (χ0n) is 9.68. The summed E-state index contributed by atoms with van der Waals surface area (Å²) in [7, 11) is 0. The van der Waals surface area contributed by atoms with Crippen LogP contribution in [0.4, 0.5) is 8.78 Å². The average Bonchev–Trinajstić information content (AvgIpc) is 2.82. The molecule has 3 rings (SSSR count). The van der Waals surface area contributed by atoms with E-state index in [1.165, 1.54) is 10.9 Å². The molecule has 1 heterocycles. The van der Waals surface area contributed by atoms with Crippen molar-refractivity contribution in [2.24, 2.45) is 0 Å². The van der Waals surface area contributed by atoms with E-state index < -0.39 is 17.5 Å². The molecule has 0 fully saturated rings. The van der Waals surface area contributed by atoms with Crippen LogP contribution in [0.25, 0.3) is 11.0 Å². The first-order valence-corrected chi connectivity index (χ1v) is 5.58. The van der Waals surface area contributed by atoms with Gasteiger partial charge in [0.1, 0.15) is 18.0 Å². The van der Waals surface area contributed by atoms with Crippen molar-refractivity contribution in [3.8, 4) is 0 Å². The van der Waals surface area contributed by atoms with Crippen LogP contribution in [0.2, 0.25) is 0 Å². The number of halogens is 2. The van der Waals surface area contributed by atoms with Crippen LogP contribution in [0.15, 0.2) is 48.8 Å². The fraction of sp³-hybridized carbons (Fsp3) is 0. The number of hydrogen-bond donors (Lipinski definition) is 0. The Kier molecular flexibility index (Phi) is 2.59. The average molecular weight is 258 g/mol. The van der Waals surface area contributed by atoms with Gasteiger partial charge in [-0.05, 0) is 24.3 Å². The lowest BCUT2D eigenvalue weighted by Gasteiger charge is -2.04. The number of nitrogens with zero attached hydrogens (tertiary/aromatic N) is 2. The molecule has 0 N–H and O–H groups in total. The molecule has 0 saturated carbocycles. The van der Waals surface area contributed by atoms with Gasteiger partial charge in [0.15, 0.2) is 0 Å². The molecule has 2 aromatic carbocycles. The Morgan fingerprint density at radius 1 is 1.11 bits per heavy atom. The fourth-order valence-electron chi connectivity index (χ4n) is 1.91. The van der Waals surface area contributed by atoms with Crippen molar-refractivity contribution in [3.63, 3.8) is 0 Å². The van der Waals surface area contributed by atoms with Crippen LogP contribution in [0.5, 0.6) is 0 Å². The minimum Gasteiger partial charge on any atom is -0.268 e. The summed E-state index contributed by atoms with van der Waals surface area (Å²) in [6, 6.07) is 9.88. The minimum absolute atomic E-state index is 0.190. The van der Waals surface area contributed by atoms with Crippen LogP contribution >= 0.6 is 0 Å². The topological polar surface area (TPSA) is 34.9 Å². The molecule has 0 atom stereocenters. The fourth-order valence-corrected chi connectivity index (χ4v) is 1.91. The summed E-state index contributed by atoms with van der Waals surface area (Å²) in [5, 5.41) is 0. The van der Waals surface area contributed by atoms with Gasteiger partial charge in [0, 0.05) is 6.07 Å². The molecule has 0 aliphatic heterocycles. The highest BCUT2D eigenvalue weighted by molar-refractivity contribution is 6.01. The lowest BCUT2D eigenvalue weighted by atomic mass is 10.2. The van der Waals surface area contributed by atoms with Gasteiger partial charge in [0.05, 0.1) is 16.6 Å². The molecule has 0 amide bonds. The van der Waals surface area contributed by atoms with E-state index in [1.54, 1.807) is 24.3 Å². The summed E-state index contributed by atoms with van der Waals surface area (Å²) in [5.74, 6) is -2.18. The highest BCUT2D eigenvalue weighted by Gasteiger charge is 2.16. The van der Waals surface area contributed by atoms with Gasteiger partial charge in [-0.3, -0.25) is 9.36 Å². The number of para-hydroxylation sites is 2. The van der Waals surface area contributed by atoms with Gasteiger partial charge < -0.3 is 0 Å². The van der Waals surface area contributed by atoms with E-state index in [0.29, 0.717) is 17.1 Å². The van der Waals surface area contributed by atoms with E-state index in [-0.39, 0.29) is 5.56 Å². The normalized spacial score (nSPS) is 10.8. The largest absolute Gasteiger partial charge is 0.268 e. The van der Waals surface area contributed by atoms with Gasteiger partial charge in [0.2, 0.25) is 0 Å². The molecule has 0 aliphatic rings. The third-order valence-electron chi connectivity index (χ3n) is 2.83. The molecule has 0 spiro atoms. The lowest BCUT2D eigenvalue weighted by molar-refractivity contribution is 0.0960. The van der Waals surface area contributed by atoms with E-state index in [1.807, 2.05) is 0 Å². The van der Waals surface area contributed by atoms with Crippen LogP contribution in [0.3, 0.4) is 0 Å². The summed E-state index contributed by atoms with van der Waals surface area (Å²) in [4.78, 5) is 16.3. The monoisotopic (exact) mass is 258 g/mol. The summed E-state index contributed by atoms with van der Waals surface area (Å²) in [5.41, 5.74) is 1.03. The zero-order chi connectivity index (χ0) is 13.4. The summed E-state index contributed by atoms with van der Waals surface area (Å²) in [6.07, 6.45) is 1.33. The van der Waals surface area contributed by atoms with E-state index in [4.69, 9.17) is 0 Å². The summed E-state index contributed by atoms with van der Waals surface area (Å²) >= 11 is 0. The first kappa shape index (κ1) is 11.5. The lowest BCUT2D eigenvalue weighted by Crippen LogP contribution is -2.12. The maximum atomic E-state index is 13.6. The number of rotatable bonds is 1. The Hall–Kier alpha value is -2.56. The highest BCUT2D eigenvalue weighted by Crippen LogP contribution is 2.16. The number of aromatic nitrogens is 2. The molecule has 0 aliphatic carbocycles. The first-order chi connectivity index (χ1) is 9.16. The smallest absolute Gasteiger partial charge is 0.266 e. The van der Waals surface area contributed by atoms with Gasteiger partial charge in [0.25, 0.3) is 5.91 Å². The Balaban J connectivity index is 2.13. The van der Waals surface area contributed by atoms with Gasteiger partial charge in [-0.15, -0.1) is 0 Å². The minimum atomic E-state index is -0.886. The molecule has 5 heteroatoms. The number of fused-ring (bicyclic) bond motifs is 1. The van der Waals surface area contributed by atoms with Crippen molar-refractivity contribution in [2.75, 3.05) is 0 Å². The van der Waals surface area contributed by atoms with Crippen molar-refractivity contribution < 1.29 is 13.6 Å². The Bertz CT molecular complexity index is 780. The van der Waals surface area contributed by atoms with Crippen LogP contribution in [0, 0.1) is 11.6 Å². The van der Waals surface area contributed by atoms with Crippen LogP contribution in [0.1, 0.15) is 10.4 Å². The second kappa shape index (κ2) is 4.28. The third kappa shape index (κ3) is 1.89. The highest BCUT2D eigenvalue weighted by atomic mass is 19.1. The Labute approximate surface area is 107 Å². The second-order valence-corrected chi connectivity index (χ2v) is 4.03. The predicted molar refractivity (Wildman–Crippen MR) is 65.8 cm³/mol. The van der Waals surface area contributed by atoms with E-state index in [0.717, 1.165) is 12.1 Å². The van der Waals surface area contributed by atoms with Gasteiger partial charge in [-0.2, -0.15) is 0 Å². The van der Waals surface area contributed by atoms with Gasteiger partial charge in [-0.1, -0.05) is 12.1 Å². The van der Waals surface area contributed by atoms with Crippen LogP contribution in [-0.4, -0.2) is 15.5 Å². The summed E-state index contributed by atoms with van der Waals surface area (Å²) < 4.78 is 27.7. The van der Waals surface area contributed by atoms with E-state index in [9.17, 15) is 13.6 Å². The third-order valence-corrected chi connectivity index (χ3v) is 2.83. The molecule has 19 heavy (non-hydrogen) atoms. The second-order valence-electron chi connectivity index (χ2n) is 4.03. The number of carbonyl (C=O) groups excluding carboxylic acids is 1. The molecule has 94 valence electrons. The van der Waals surface area contributed by atoms with Crippen molar-refractivity contribution in [2.45, 2.75) is 0 Å².